The van der Waals surface area contributed by atoms with E-state index in [1.807, 2.05) is 45.0 Å². The quantitative estimate of drug-likeness (QED) is 0.767. The molecular weight excluding hydrogens is 254 g/mol. The van der Waals surface area contributed by atoms with E-state index in [2.05, 4.69) is 5.32 Å². The largest absolute Gasteiger partial charge is 0.394 e. The Morgan fingerprint density at radius 3 is 2.50 bits per heavy atom. The summed E-state index contributed by atoms with van der Waals surface area (Å²) in [5.41, 5.74) is 2.19. The summed E-state index contributed by atoms with van der Waals surface area (Å²) in [5, 5.41) is 11.8. The van der Waals surface area contributed by atoms with Crippen LogP contribution in [-0.4, -0.2) is 30.8 Å². The van der Waals surface area contributed by atoms with E-state index in [1.165, 1.54) is 5.56 Å². The minimum absolute atomic E-state index is 0.0255. The van der Waals surface area contributed by atoms with Crippen molar-refractivity contribution < 1.29 is 14.6 Å². The van der Waals surface area contributed by atoms with Crippen LogP contribution in [0, 0.1) is 12.8 Å². The number of hydrogen-bond donors (Lipinski definition) is 2. The SMILES string of the molecule is Cc1ccc(C(CNC(=O)CC(C)C)OCCO)cc1. The van der Waals surface area contributed by atoms with Crippen molar-refractivity contribution in [1.29, 1.82) is 0 Å². The van der Waals surface area contributed by atoms with Crippen molar-refractivity contribution in [2.45, 2.75) is 33.3 Å². The molecule has 0 saturated carbocycles. The number of carbonyl (C=O) groups is 1. The maximum atomic E-state index is 11.7. The lowest BCUT2D eigenvalue weighted by Crippen LogP contribution is -2.30. The van der Waals surface area contributed by atoms with Gasteiger partial charge in [0, 0.05) is 13.0 Å². The number of ether oxygens (including phenoxy) is 1. The predicted octanol–water partition coefficient (Wildman–Crippen LogP) is 2.21. The van der Waals surface area contributed by atoms with Crippen LogP contribution in [0.3, 0.4) is 0 Å². The maximum absolute atomic E-state index is 11.7. The van der Waals surface area contributed by atoms with Gasteiger partial charge in [-0.05, 0) is 18.4 Å². The molecule has 2 N–H and O–H groups in total. The molecule has 0 fully saturated rings. The molecule has 0 spiro atoms. The molecule has 0 bridgehead atoms. The standard InChI is InChI=1S/C16H25NO3/c1-12(2)10-16(19)17-11-15(20-9-8-18)14-6-4-13(3)5-7-14/h4-7,12,15,18H,8-11H2,1-3H3,(H,17,19). The molecule has 0 heterocycles. The van der Waals surface area contributed by atoms with Gasteiger partial charge in [0.1, 0.15) is 0 Å². The molecule has 1 rings (SSSR count). The van der Waals surface area contributed by atoms with Crippen molar-refractivity contribution in [3.05, 3.63) is 35.4 Å². The summed E-state index contributed by atoms with van der Waals surface area (Å²) in [4.78, 5) is 11.7. The Kier molecular flexibility index (Phi) is 7.26. The van der Waals surface area contributed by atoms with Crippen LogP contribution < -0.4 is 5.32 Å². The van der Waals surface area contributed by atoms with Crippen LogP contribution >= 0.6 is 0 Å². The molecule has 0 aliphatic heterocycles. The second-order valence-corrected chi connectivity index (χ2v) is 5.40. The third-order valence-corrected chi connectivity index (χ3v) is 2.94. The van der Waals surface area contributed by atoms with Gasteiger partial charge in [-0.1, -0.05) is 43.7 Å². The zero-order chi connectivity index (χ0) is 15.0. The van der Waals surface area contributed by atoms with Crippen LogP contribution in [0.25, 0.3) is 0 Å². The molecule has 0 aliphatic rings. The maximum Gasteiger partial charge on any atom is 0.220 e. The molecule has 1 amide bonds. The molecule has 1 atom stereocenters. The van der Waals surface area contributed by atoms with E-state index in [1.54, 1.807) is 0 Å². The second kappa shape index (κ2) is 8.72. The van der Waals surface area contributed by atoms with E-state index >= 15 is 0 Å². The Labute approximate surface area is 121 Å². The number of aryl methyl sites for hydroxylation is 1. The Morgan fingerprint density at radius 1 is 1.30 bits per heavy atom. The molecule has 4 nitrogen and oxygen atoms in total. The van der Waals surface area contributed by atoms with Crippen molar-refractivity contribution >= 4 is 5.91 Å². The zero-order valence-corrected chi connectivity index (χ0v) is 12.6. The summed E-state index contributed by atoms with van der Waals surface area (Å²) < 4.78 is 5.61. The van der Waals surface area contributed by atoms with Crippen LogP contribution in [-0.2, 0) is 9.53 Å². The summed E-state index contributed by atoms with van der Waals surface area (Å²) in [7, 11) is 0. The third kappa shape index (κ3) is 6.17. The molecule has 20 heavy (non-hydrogen) atoms. The van der Waals surface area contributed by atoms with E-state index in [0.717, 1.165) is 5.56 Å². The van der Waals surface area contributed by atoms with Crippen molar-refractivity contribution in [2.75, 3.05) is 19.8 Å². The van der Waals surface area contributed by atoms with Gasteiger partial charge in [-0.15, -0.1) is 0 Å². The summed E-state index contributed by atoms with van der Waals surface area (Å²) in [6, 6.07) is 8.01. The number of rotatable bonds is 8. The Hall–Kier alpha value is -1.39. The number of benzene rings is 1. The van der Waals surface area contributed by atoms with Gasteiger partial charge in [0.2, 0.25) is 5.91 Å². The third-order valence-electron chi connectivity index (χ3n) is 2.94. The molecule has 0 saturated heterocycles. The van der Waals surface area contributed by atoms with Gasteiger partial charge in [-0.2, -0.15) is 0 Å². The van der Waals surface area contributed by atoms with E-state index in [-0.39, 0.29) is 25.2 Å². The summed E-state index contributed by atoms with van der Waals surface area (Å²) in [6.07, 6.45) is 0.291. The number of nitrogens with one attached hydrogen (secondary N) is 1. The van der Waals surface area contributed by atoms with Gasteiger partial charge in [-0.3, -0.25) is 4.79 Å². The fraction of sp³-hybridized carbons (Fsp3) is 0.562. The first-order valence-electron chi connectivity index (χ1n) is 7.08. The molecule has 1 aromatic carbocycles. The summed E-state index contributed by atoms with van der Waals surface area (Å²) >= 11 is 0. The highest BCUT2D eigenvalue weighted by Gasteiger charge is 2.14. The van der Waals surface area contributed by atoms with Crippen LogP contribution in [0.1, 0.15) is 37.5 Å². The minimum atomic E-state index is -0.223. The Balaban J connectivity index is 2.60. The fourth-order valence-electron chi connectivity index (χ4n) is 1.90. The van der Waals surface area contributed by atoms with Crippen molar-refractivity contribution in [1.82, 2.24) is 5.32 Å². The van der Waals surface area contributed by atoms with Gasteiger partial charge in [-0.25, -0.2) is 0 Å². The highest BCUT2D eigenvalue weighted by Crippen LogP contribution is 2.17. The molecular formula is C16H25NO3. The molecule has 1 aromatic rings. The topological polar surface area (TPSA) is 58.6 Å². The Morgan fingerprint density at radius 2 is 1.95 bits per heavy atom. The molecule has 0 radical (unpaired) electrons. The van der Waals surface area contributed by atoms with E-state index in [0.29, 0.717) is 18.9 Å². The van der Waals surface area contributed by atoms with Crippen LogP contribution in [0.5, 0.6) is 0 Å². The molecule has 4 heteroatoms. The fourth-order valence-corrected chi connectivity index (χ4v) is 1.90. The number of carbonyl (C=O) groups excluding carboxylic acids is 1. The first-order valence-corrected chi connectivity index (χ1v) is 7.08. The predicted molar refractivity (Wildman–Crippen MR) is 79.4 cm³/mol. The summed E-state index contributed by atoms with van der Waals surface area (Å²) in [6.45, 7) is 6.71. The molecule has 112 valence electrons. The van der Waals surface area contributed by atoms with Gasteiger partial charge in [0.25, 0.3) is 0 Å². The van der Waals surface area contributed by atoms with Crippen LogP contribution in [0.4, 0.5) is 0 Å². The smallest absolute Gasteiger partial charge is 0.220 e. The summed E-state index contributed by atoms with van der Waals surface area (Å²) in [5.74, 6) is 0.371. The lowest BCUT2D eigenvalue weighted by Gasteiger charge is -2.19. The number of hydrogen-bond acceptors (Lipinski definition) is 3. The molecule has 0 aliphatic carbocycles. The van der Waals surface area contributed by atoms with Gasteiger partial charge >= 0.3 is 0 Å². The first-order chi connectivity index (χ1) is 9.52. The van der Waals surface area contributed by atoms with E-state index < -0.39 is 0 Å². The van der Waals surface area contributed by atoms with Crippen molar-refractivity contribution in [2.24, 2.45) is 5.92 Å². The number of aliphatic hydroxyl groups is 1. The van der Waals surface area contributed by atoms with Crippen molar-refractivity contribution in [3.8, 4) is 0 Å². The van der Waals surface area contributed by atoms with E-state index in [4.69, 9.17) is 9.84 Å². The monoisotopic (exact) mass is 279 g/mol. The van der Waals surface area contributed by atoms with E-state index in [9.17, 15) is 4.79 Å². The number of aliphatic hydroxyl groups excluding tert-OH is 1. The van der Waals surface area contributed by atoms with Gasteiger partial charge in [0.15, 0.2) is 0 Å². The minimum Gasteiger partial charge on any atom is -0.394 e. The molecule has 1 unspecified atom stereocenters. The first kappa shape index (κ1) is 16.7. The normalized spacial score (nSPS) is 12.4. The highest BCUT2D eigenvalue weighted by molar-refractivity contribution is 5.76. The Bertz CT molecular complexity index is 401. The average Bonchev–Trinajstić information content (AvgIpc) is 2.39. The van der Waals surface area contributed by atoms with Gasteiger partial charge < -0.3 is 15.2 Å². The lowest BCUT2D eigenvalue weighted by atomic mass is 10.1. The zero-order valence-electron chi connectivity index (χ0n) is 12.6. The van der Waals surface area contributed by atoms with Crippen LogP contribution in [0.15, 0.2) is 24.3 Å². The lowest BCUT2D eigenvalue weighted by molar-refractivity contribution is -0.122. The van der Waals surface area contributed by atoms with Crippen molar-refractivity contribution in [3.63, 3.8) is 0 Å². The number of amides is 1. The average molecular weight is 279 g/mol. The van der Waals surface area contributed by atoms with Crippen LogP contribution in [0.2, 0.25) is 0 Å². The second-order valence-electron chi connectivity index (χ2n) is 5.40. The van der Waals surface area contributed by atoms with Gasteiger partial charge in [0.05, 0.1) is 19.3 Å². The highest BCUT2D eigenvalue weighted by atomic mass is 16.5. The molecule has 0 aromatic heterocycles.